The van der Waals surface area contributed by atoms with E-state index in [2.05, 4.69) is 22.4 Å². The number of fused-ring (bicyclic) bond motifs is 1. The van der Waals surface area contributed by atoms with E-state index < -0.39 is 6.23 Å². The fourth-order valence-corrected chi connectivity index (χ4v) is 4.19. The molecule has 0 saturated carbocycles. The summed E-state index contributed by atoms with van der Waals surface area (Å²) in [6.45, 7) is 6.73. The van der Waals surface area contributed by atoms with Crippen molar-refractivity contribution in [2.75, 3.05) is 23.4 Å². The molecule has 0 unspecified atom stereocenters. The van der Waals surface area contributed by atoms with Crippen LogP contribution < -0.4 is 10.2 Å². The molecule has 0 saturated heterocycles. The lowest BCUT2D eigenvalue weighted by Gasteiger charge is -2.43. The highest BCUT2D eigenvalue weighted by Gasteiger charge is 2.40. The second-order valence-corrected chi connectivity index (χ2v) is 7.78. The van der Waals surface area contributed by atoms with Crippen LogP contribution in [0.5, 0.6) is 0 Å². The van der Waals surface area contributed by atoms with Crippen molar-refractivity contribution in [1.29, 1.82) is 0 Å². The number of ether oxygens (including phenoxy) is 1. The second kappa shape index (κ2) is 7.97. The summed E-state index contributed by atoms with van der Waals surface area (Å²) in [5.41, 5.74) is 5.03. The van der Waals surface area contributed by atoms with Crippen LogP contribution in [0.1, 0.15) is 43.1 Å². The molecule has 6 nitrogen and oxygen atoms in total. The van der Waals surface area contributed by atoms with Gasteiger partial charge in [-0.3, -0.25) is 9.69 Å². The highest BCUT2D eigenvalue weighted by molar-refractivity contribution is 5.94. The summed E-state index contributed by atoms with van der Waals surface area (Å²) in [5, 5.41) is 14.4. The van der Waals surface area contributed by atoms with Crippen LogP contribution in [0.25, 0.3) is 5.57 Å². The topological polar surface area (TPSA) is 74.7 Å². The Labute approximate surface area is 171 Å². The summed E-state index contributed by atoms with van der Waals surface area (Å²) in [7, 11) is 0. The quantitative estimate of drug-likeness (QED) is 0.832. The second-order valence-electron chi connectivity index (χ2n) is 7.78. The van der Waals surface area contributed by atoms with Crippen molar-refractivity contribution in [3.8, 4) is 0 Å². The minimum absolute atomic E-state index is 0.171. The van der Waals surface area contributed by atoms with Crippen molar-refractivity contribution < 1.29 is 14.6 Å². The maximum atomic E-state index is 12.3. The van der Waals surface area contributed by atoms with Crippen molar-refractivity contribution in [3.05, 3.63) is 59.3 Å². The summed E-state index contributed by atoms with van der Waals surface area (Å²) in [6.07, 6.45) is 2.07. The number of anilines is 2. The minimum Gasteiger partial charge on any atom is -0.377 e. The summed E-state index contributed by atoms with van der Waals surface area (Å²) in [4.78, 5) is 18.4. The van der Waals surface area contributed by atoms with Gasteiger partial charge in [0.1, 0.15) is 12.0 Å². The number of aliphatic hydroxyl groups is 1. The van der Waals surface area contributed by atoms with Crippen molar-refractivity contribution in [2.45, 2.75) is 39.5 Å². The number of nitrogens with one attached hydrogen (secondary N) is 1. The zero-order valence-corrected chi connectivity index (χ0v) is 17.1. The van der Waals surface area contributed by atoms with Gasteiger partial charge >= 0.3 is 0 Å². The first-order valence-corrected chi connectivity index (χ1v) is 10.0. The van der Waals surface area contributed by atoms with Gasteiger partial charge in [0.25, 0.3) is 0 Å². The largest absolute Gasteiger partial charge is 0.377 e. The lowest BCUT2D eigenvalue weighted by Crippen LogP contribution is -2.50. The molecule has 4 rings (SSSR count). The van der Waals surface area contributed by atoms with Gasteiger partial charge in [0.2, 0.25) is 5.91 Å². The van der Waals surface area contributed by atoms with Crippen molar-refractivity contribution in [2.24, 2.45) is 5.92 Å². The van der Waals surface area contributed by atoms with E-state index in [4.69, 9.17) is 4.74 Å². The zero-order valence-electron chi connectivity index (χ0n) is 17.1. The normalized spacial score (nSPS) is 23.9. The van der Waals surface area contributed by atoms with Gasteiger partial charge in [-0.25, -0.2) is 4.98 Å². The molecule has 29 heavy (non-hydrogen) atoms. The SMILES string of the molecule is CC(=O)N1c2ccc(C3=CCOCC3)cc2[C@H](Nc2cccc(C)n2)[C@@H](C)[C@@H]1O. The third-order valence-corrected chi connectivity index (χ3v) is 5.75. The van der Waals surface area contributed by atoms with Gasteiger partial charge in [-0.05, 0) is 54.3 Å². The summed E-state index contributed by atoms with van der Waals surface area (Å²) >= 11 is 0. The number of nitrogens with zero attached hydrogens (tertiary/aromatic N) is 2. The number of aliphatic hydroxyl groups excluding tert-OH is 1. The van der Waals surface area contributed by atoms with Gasteiger partial charge in [-0.1, -0.05) is 25.1 Å². The average Bonchev–Trinajstić information content (AvgIpc) is 2.72. The van der Waals surface area contributed by atoms with Crippen molar-refractivity contribution in [1.82, 2.24) is 4.98 Å². The first-order chi connectivity index (χ1) is 14.0. The van der Waals surface area contributed by atoms with Crippen LogP contribution >= 0.6 is 0 Å². The number of amides is 1. The number of hydrogen-bond donors (Lipinski definition) is 2. The number of hydrogen-bond acceptors (Lipinski definition) is 5. The van der Waals surface area contributed by atoms with Gasteiger partial charge in [-0.2, -0.15) is 0 Å². The maximum absolute atomic E-state index is 12.3. The molecule has 152 valence electrons. The zero-order chi connectivity index (χ0) is 20.5. The van der Waals surface area contributed by atoms with Gasteiger partial charge < -0.3 is 15.2 Å². The summed E-state index contributed by atoms with van der Waals surface area (Å²) in [5.74, 6) is 0.371. The first kappa shape index (κ1) is 19.6. The highest BCUT2D eigenvalue weighted by atomic mass is 16.5. The lowest BCUT2D eigenvalue weighted by atomic mass is 9.84. The molecular weight excluding hydrogens is 366 g/mol. The molecule has 0 spiro atoms. The fourth-order valence-electron chi connectivity index (χ4n) is 4.19. The third-order valence-electron chi connectivity index (χ3n) is 5.75. The number of benzene rings is 1. The Bertz CT molecular complexity index is 956. The Balaban J connectivity index is 1.80. The standard InChI is InChI=1S/C23H27N3O3/c1-14-5-4-6-21(24-14)25-22-15(2)23(28)26(16(3)27)20-8-7-18(13-19(20)22)17-9-11-29-12-10-17/h4-9,13,15,22-23,28H,10-12H2,1-3H3,(H,24,25)/t15-,22-,23+/m1/s1. The van der Waals surface area contributed by atoms with Gasteiger partial charge in [0.05, 0.1) is 24.9 Å². The molecule has 6 heteroatoms. The molecule has 1 amide bonds. The van der Waals surface area contributed by atoms with E-state index in [-0.39, 0.29) is 17.9 Å². The van der Waals surface area contributed by atoms with E-state index in [0.717, 1.165) is 34.7 Å². The van der Waals surface area contributed by atoms with Crippen molar-refractivity contribution in [3.63, 3.8) is 0 Å². The first-order valence-electron chi connectivity index (χ1n) is 10.0. The van der Waals surface area contributed by atoms with Crippen molar-refractivity contribution >= 4 is 23.0 Å². The van der Waals surface area contributed by atoms with Crippen LogP contribution in [-0.2, 0) is 9.53 Å². The van der Waals surface area contributed by atoms with E-state index in [1.165, 1.54) is 17.4 Å². The van der Waals surface area contributed by atoms with Crippen LogP contribution in [0.2, 0.25) is 0 Å². The van der Waals surface area contributed by atoms with E-state index in [1.807, 2.05) is 44.2 Å². The average molecular weight is 393 g/mol. The summed E-state index contributed by atoms with van der Waals surface area (Å²) < 4.78 is 5.44. The third kappa shape index (κ3) is 3.78. The van der Waals surface area contributed by atoms with E-state index >= 15 is 0 Å². The predicted octanol–water partition coefficient (Wildman–Crippen LogP) is 3.67. The molecule has 1 aromatic carbocycles. The van der Waals surface area contributed by atoms with E-state index in [0.29, 0.717) is 13.2 Å². The molecule has 0 bridgehead atoms. The van der Waals surface area contributed by atoms with Crippen LogP contribution in [-0.4, -0.2) is 35.4 Å². The van der Waals surface area contributed by atoms with Crippen LogP contribution in [0, 0.1) is 12.8 Å². The molecule has 0 radical (unpaired) electrons. The van der Waals surface area contributed by atoms with Gasteiger partial charge in [0.15, 0.2) is 0 Å². The van der Waals surface area contributed by atoms with Gasteiger partial charge in [0, 0.05) is 18.5 Å². The maximum Gasteiger partial charge on any atom is 0.225 e. The molecule has 1 aromatic heterocycles. The molecule has 2 aromatic rings. The van der Waals surface area contributed by atoms with E-state index in [9.17, 15) is 9.90 Å². The Kier molecular flexibility index (Phi) is 5.39. The van der Waals surface area contributed by atoms with Crippen LogP contribution in [0.15, 0.2) is 42.5 Å². The highest BCUT2D eigenvalue weighted by Crippen LogP contribution is 2.43. The molecule has 3 atom stereocenters. The minimum atomic E-state index is -0.907. The number of carbonyl (C=O) groups excluding carboxylic acids is 1. The molecule has 0 fully saturated rings. The molecule has 3 heterocycles. The Morgan fingerprint density at radius 3 is 2.83 bits per heavy atom. The number of aromatic nitrogens is 1. The molecule has 2 aliphatic rings. The molecule has 2 aliphatic heterocycles. The Hall–Kier alpha value is -2.70. The van der Waals surface area contributed by atoms with Crippen LogP contribution in [0.4, 0.5) is 11.5 Å². The number of carbonyl (C=O) groups is 1. The fraction of sp³-hybridized carbons (Fsp3) is 0.391. The summed E-state index contributed by atoms with van der Waals surface area (Å²) in [6, 6.07) is 11.8. The predicted molar refractivity (Wildman–Crippen MR) is 114 cm³/mol. The number of aryl methyl sites for hydroxylation is 1. The number of rotatable bonds is 3. The molecular formula is C23H27N3O3. The molecule has 2 N–H and O–H groups in total. The lowest BCUT2D eigenvalue weighted by molar-refractivity contribution is -0.119. The Morgan fingerprint density at radius 2 is 2.14 bits per heavy atom. The molecule has 0 aliphatic carbocycles. The Morgan fingerprint density at radius 1 is 1.31 bits per heavy atom. The number of pyridine rings is 1. The smallest absolute Gasteiger partial charge is 0.225 e. The van der Waals surface area contributed by atoms with Gasteiger partial charge in [-0.15, -0.1) is 0 Å². The van der Waals surface area contributed by atoms with E-state index in [1.54, 1.807) is 0 Å². The van der Waals surface area contributed by atoms with Crippen LogP contribution in [0.3, 0.4) is 0 Å². The monoisotopic (exact) mass is 393 g/mol.